The molecular formula is C12H14F2O2S. The van der Waals surface area contributed by atoms with Crippen molar-refractivity contribution in [1.82, 2.24) is 0 Å². The molecule has 0 N–H and O–H groups in total. The Morgan fingerprint density at radius 2 is 2.12 bits per heavy atom. The monoisotopic (exact) mass is 260 g/mol. The van der Waals surface area contributed by atoms with Crippen molar-refractivity contribution in [2.45, 2.75) is 24.7 Å². The first-order chi connectivity index (χ1) is 8.13. The Labute approximate surface area is 103 Å². The summed E-state index contributed by atoms with van der Waals surface area (Å²) in [5.74, 6) is -2.03. The number of ether oxygens (including phenoxy) is 1. The zero-order chi connectivity index (χ0) is 12.7. The minimum Gasteiger partial charge on any atom is -0.465 e. The third-order valence-corrected chi connectivity index (χ3v) is 2.98. The van der Waals surface area contributed by atoms with Crippen LogP contribution in [-0.4, -0.2) is 18.3 Å². The molecule has 0 aliphatic rings. The third kappa shape index (κ3) is 5.17. The average molecular weight is 260 g/mol. The summed E-state index contributed by atoms with van der Waals surface area (Å²) in [5, 5.41) is 0. The molecule has 1 aromatic rings. The lowest BCUT2D eigenvalue weighted by molar-refractivity contribution is -0.140. The van der Waals surface area contributed by atoms with E-state index in [4.69, 9.17) is 4.74 Å². The maximum Gasteiger partial charge on any atom is 0.316 e. The number of hydrogen-bond acceptors (Lipinski definition) is 3. The van der Waals surface area contributed by atoms with Crippen LogP contribution in [0.2, 0.25) is 0 Å². The SMILES string of the molecule is CCCCOC(=O)CSc1ccc(F)c(F)c1. The summed E-state index contributed by atoms with van der Waals surface area (Å²) in [7, 11) is 0. The summed E-state index contributed by atoms with van der Waals surface area (Å²) >= 11 is 1.13. The summed E-state index contributed by atoms with van der Waals surface area (Å²) in [6.07, 6.45) is 1.80. The van der Waals surface area contributed by atoms with Crippen molar-refractivity contribution in [3.8, 4) is 0 Å². The zero-order valence-corrected chi connectivity index (χ0v) is 10.4. The Bertz CT molecular complexity index is 383. The van der Waals surface area contributed by atoms with E-state index in [-0.39, 0.29) is 11.7 Å². The molecule has 0 unspecified atom stereocenters. The van der Waals surface area contributed by atoms with Crippen LogP contribution in [0.3, 0.4) is 0 Å². The molecule has 0 bridgehead atoms. The van der Waals surface area contributed by atoms with Crippen molar-refractivity contribution < 1.29 is 18.3 Å². The highest BCUT2D eigenvalue weighted by molar-refractivity contribution is 8.00. The molecule has 0 heterocycles. The van der Waals surface area contributed by atoms with Crippen molar-refractivity contribution in [1.29, 1.82) is 0 Å². The second-order valence-corrected chi connectivity index (χ2v) is 4.49. The second kappa shape index (κ2) is 7.27. The number of hydrogen-bond donors (Lipinski definition) is 0. The second-order valence-electron chi connectivity index (χ2n) is 3.44. The fraction of sp³-hybridized carbons (Fsp3) is 0.417. The quantitative estimate of drug-likeness (QED) is 0.445. The largest absolute Gasteiger partial charge is 0.465 e. The molecule has 0 aliphatic carbocycles. The van der Waals surface area contributed by atoms with Crippen LogP contribution in [0.25, 0.3) is 0 Å². The van der Waals surface area contributed by atoms with Crippen molar-refractivity contribution >= 4 is 17.7 Å². The Balaban J connectivity index is 2.34. The standard InChI is InChI=1S/C12H14F2O2S/c1-2-3-6-16-12(15)8-17-9-4-5-10(13)11(14)7-9/h4-5,7H,2-3,6,8H2,1H3. The van der Waals surface area contributed by atoms with Gasteiger partial charge < -0.3 is 4.74 Å². The van der Waals surface area contributed by atoms with Gasteiger partial charge in [-0.25, -0.2) is 8.78 Å². The minimum absolute atomic E-state index is 0.106. The molecule has 0 aliphatic heterocycles. The number of esters is 1. The number of halogens is 2. The Morgan fingerprint density at radius 1 is 1.35 bits per heavy atom. The predicted octanol–water partition coefficient (Wildman–Crippen LogP) is 3.40. The van der Waals surface area contributed by atoms with Gasteiger partial charge in [-0.2, -0.15) is 0 Å². The highest BCUT2D eigenvalue weighted by Gasteiger charge is 2.06. The number of carbonyl (C=O) groups excluding carboxylic acids is 1. The number of benzene rings is 1. The summed E-state index contributed by atoms with van der Waals surface area (Å²) in [6, 6.07) is 3.54. The van der Waals surface area contributed by atoms with Gasteiger partial charge in [0.05, 0.1) is 12.4 Å². The molecule has 0 amide bonds. The highest BCUT2D eigenvalue weighted by atomic mass is 32.2. The first kappa shape index (κ1) is 14.0. The van der Waals surface area contributed by atoms with Crippen LogP contribution < -0.4 is 0 Å². The molecule has 0 atom stereocenters. The van der Waals surface area contributed by atoms with Gasteiger partial charge in [-0.15, -0.1) is 11.8 Å². The molecule has 0 saturated heterocycles. The Hall–Kier alpha value is -1.10. The number of rotatable bonds is 6. The number of carbonyl (C=O) groups is 1. The maximum absolute atomic E-state index is 12.8. The molecule has 94 valence electrons. The van der Waals surface area contributed by atoms with Crippen LogP contribution in [0.1, 0.15) is 19.8 Å². The van der Waals surface area contributed by atoms with E-state index in [0.717, 1.165) is 36.7 Å². The lowest BCUT2D eigenvalue weighted by atomic mass is 10.3. The maximum atomic E-state index is 12.8. The summed E-state index contributed by atoms with van der Waals surface area (Å²) in [5.41, 5.74) is 0. The van der Waals surface area contributed by atoms with E-state index in [0.29, 0.717) is 11.5 Å². The van der Waals surface area contributed by atoms with Gasteiger partial charge >= 0.3 is 5.97 Å². The molecule has 0 fully saturated rings. The fourth-order valence-corrected chi connectivity index (χ4v) is 1.80. The van der Waals surface area contributed by atoms with Crippen LogP contribution in [0.4, 0.5) is 8.78 Å². The summed E-state index contributed by atoms with van der Waals surface area (Å²) < 4.78 is 30.4. The van der Waals surface area contributed by atoms with Crippen molar-refractivity contribution in [3.63, 3.8) is 0 Å². The molecule has 17 heavy (non-hydrogen) atoms. The molecule has 1 rings (SSSR count). The smallest absolute Gasteiger partial charge is 0.316 e. The molecule has 1 aromatic carbocycles. The predicted molar refractivity (Wildman–Crippen MR) is 62.9 cm³/mol. The van der Waals surface area contributed by atoms with E-state index in [2.05, 4.69) is 0 Å². The number of thioether (sulfide) groups is 1. The molecule has 0 radical (unpaired) electrons. The Morgan fingerprint density at radius 3 is 2.76 bits per heavy atom. The van der Waals surface area contributed by atoms with Gasteiger partial charge in [-0.3, -0.25) is 4.79 Å². The first-order valence-corrected chi connectivity index (χ1v) is 6.35. The zero-order valence-electron chi connectivity index (χ0n) is 9.54. The Kier molecular flexibility index (Phi) is 5.97. The normalized spacial score (nSPS) is 10.3. The minimum atomic E-state index is -0.908. The molecule has 0 aromatic heterocycles. The van der Waals surface area contributed by atoms with E-state index >= 15 is 0 Å². The summed E-state index contributed by atoms with van der Waals surface area (Å²) in [4.78, 5) is 11.7. The number of unbranched alkanes of at least 4 members (excludes halogenated alkanes) is 1. The van der Waals surface area contributed by atoms with Gasteiger partial charge in [0, 0.05) is 4.90 Å². The van der Waals surface area contributed by atoms with Crippen LogP contribution >= 0.6 is 11.8 Å². The van der Waals surface area contributed by atoms with E-state index in [9.17, 15) is 13.6 Å². The third-order valence-electron chi connectivity index (χ3n) is 2.01. The molecule has 2 nitrogen and oxygen atoms in total. The van der Waals surface area contributed by atoms with Crippen molar-refractivity contribution in [3.05, 3.63) is 29.8 Å². The van der Waals surface area contributed by atoms with E-state index in [1.54, 1.807) is 0 Å². The topological polar surface area (TPSA) is 26.3 Å². The molecule has 5 heteroatoms. The van der Waals surface area contributed by atoms with Gasteiger partial charge in [-0.1, -0.05) is 13.3 Å². The van der Waals surface area contributed by atoms with E-state index < -0.39 is 11.6 Å². The van der Waals surface area contributed by atoms with Crippen LogP contribution in [-0.2, 0) is 9.53 Å². The van der Waals surface area contributed by atoms with E-state index in [1.807, 2.05) is 6.92 Å². The van der Waals surface area contributed by atoms with E-state index in [1.165, 1.54) is 6.07 Å². The van der Waals surface area contributed by atoms with Crippen LogP contribution in [0.5, 0.6) is 0 Å². The average Bonchev–Trinajstić information content (AvgIpc) is 2.31. The van der Waals surface area contributed by atoms with Gasteiger partial charge in [-0.05, 0) is 24.6 Å². The lowest BCUT2D eigenvalue weighted by Gasteiger charge is -2.04. The van der Waals surface area contributed by atoms with Gasteiger partial charge in [0.15, 0.2) is 11.6 Å². The molecule has 0 spiro atoms. The summed E-state index contributed by atoms with van der Waals surface area (Å²) in [6.45, 7) is 2.41. The lowest BCUT2D eigenvalue weighted by Crippen LogP contribution is -2.08. The van der Waals surface area contributed by atoms with Gasteiger partial charge in [0.25, 0.3) is 0 Å². The van der Waals surface area contributed by atoms with Crippen molar-refractivity contribution in [2.75, 3.05) is 12.4 Å². The van der Waals surface area contributed by atoms with Gasteiger partial charge in [0.1, 0.15) is 0 Å². The highest BCUT2D eigenvalue weighted by Crippen LogP contribution is 2.20. The molecular weight excluding hydrogens is 246 g/mol. The van der Waals surface area contributed by atoms with Crippen molar-refractivity contribution in [2.24, 2.45) is 0 Å². The van der Waals surface area contributed by atoms with Gasteiger partial charge in [0.2, 0.25) is 0 Å². The van der Waals surface area contributed by atoms with Crippen LogP contribution in [0.15, 0.2) is 23.1 Å². The van der Waals surface area contributed by atoms with Crippen LogP contribution in [0, 0.1) is 11.6 Å². The fourth-order valence-electron chi connectivity index (χ4n) is 1.08. The molecule has 0 saturated carbocycles. The first-order valence-electron chi connectivity index (χ1n) is 5.37.